The maximum Gasteiger partial charge on any atom is 0.261 e. The number of amides is 1. The number of hydrogen-bond acceptors (Lipinski definition) is 7. The lowest BCUT2D eigenvalue weighted by Crippen LogP contribution is -2.38. The van der Waals surface area contributed by atoms with Gasteiger partial charge in [-0.2, -0.15) is 0 Å². The SMILES string of the molecule is COc1ccc(S(=O)(=O)Nc2ccc(S(=O)(=O)Nc3cccnc3)cc2)cc1C(=O)N1CCC(C)CC1. The van der Waals surface area contributed by atoms with E-state index in [4.69, 9.17) is 4.74 Å². The zero-order valence-corrected chi connectivity index (χ0v) is 22.1. The third kappa shape index (κ3) is 6.20. The molecule has 2 N–H and O–H groups in total. The van der Waals surface area contributed by atoms with E-state index < -0.39 is 20.0 Å². The maximum atomic E-state index is 13.2. The van der Waals surface area contributed by atoms with Crippen LogP contribution in [0.25, 0.3) is 0 Å². The van der Waals surface area contributed by atoms with Crippen LogP contribution in [0.1, 0.15) is 30.1 Å². The van der Waals surface area contributed by atoms with Gasteiger partial charge in [0.15, 0.2) is 0 Å². The van der Waals surface area contributed by atoms with Crippen molar-refractivity contribution in [3.8, 4) is 5.75 Å². The third-order valence-electron chi connectivity index (χ3n) is 6.11. The van der Waals surface area contributed by atoms with Gasteiger partial charge in [0.05, 0.1) is 34.3 Å². The predicted octanol–water partition coefficient (Wildman–Crippen LogP) is 3.56. The number of nitrogens with zero attached hydrogens (tertiary/aromatic N) is 2. The van der Waals surface area contributed by atoms with Gasteiger partial charge >= 0.3 is 0 Å². The Morgan fingerprint density at radius 2 is 1.54 bits per heavy atom. The van der Waals surface area contributed by atoms with E-state index in [9.17, 15) is 21.6 Å². The average Bonchev–Trinajstić information content (AvgIpc) is 2.89. The Morgan fingerprint density at radius 1 is 0.919 bits per heavy atom. The molecule has 4 rings (SSSR count). The highest BCUT2D eigenvalue weighted by atomic mass is 32.2. The minimum atomic E-state index is -4.08. The number of carbonyl (C=O) groups excluding carboxylic acids is 1. The Bertz CT molecular complexity index is 1470. The molecule has 1 fully saturated rings. The fourth-order valence-corrected chi connectivity index (χ4v) is 6.08. The summed E-state index contributed by atoms with van der Waals surface area (Å²) in [4.78, 5) is 18.6. The summed E-state index contributed by atoms with van der Waals surface area (Å²) < 4.78 is 61.6. The van der Waals surface area contributed by atoms with Crippen LogP contribution in [-0.4, -0.2) is 52.8 Å². The molecule has 10 nitrogen and oxygen atoms in total. The van der Waals surface area contributed by atoms with Gasteiger partial charge in [-0.15, -0.1) is 0 Å². The van der Waals surface area contributed by atoms with Gasteiger partial charge in [0.25, 0.3) is 26.0 Å². The summed E-state index contributed by atoms with van der Waals surface area (Å²) in [7, 11) is -6.54. The number of anilines is 2. The van der Waals surface area contributed by atoms with Crippen molar-refractivity contribution in [3.05, 3.63) is 72.6 Å². The minimum Gasteiger partial charge on any atom is -0.496 e. The second kappa shape index (κ2) is 10.8. The minimum absolute atomic E-state index is 0.0486. The predicted molar refractivity (Wildman–Crippen MR) is 140 cm³/mol. The van der Waals surface area contributed by atoms with Crippen molar-refractivity contribution in [2.24, 2.45) is 5.92 Å². The maximum absolute atomic E-state index is 13.2. The number of carbonyl (C=O) groups is 1. The molecule has 1 aliphatic rings. The average molecular weight is 545 g/mol. The molecule has 0 saturated carbocycles. The van der Waals surface area contributed by atoms with Crippen molar-refractivity contribution in [1.29, 1.82) is 0 Å². The summed E-state index contributed by atoms with van der Waals surface area (Å²) in [5.41, 5.74) is 0.632. The molecule has 1 aliphatic heterocycles. The number of nitrogens with one attached hydrogen (secondary N) is 2. The van der Waals surface area contributed by atoms with Crippen LogP contribution in [0.4, 0.5) is 11.4 Å². The van der Waals surface area contributed by atoms with E-state index >= 15 is 0 Å². The summed E-state index contributed by atoms with van der Waals surface area (Å²) in [5.74, 6) is 0.545. The van der Waals surface area contributed by atoms with Crippen molar-refractivity contribution in [2.45, 2.75) is 29.6 Å². The van der Waals surface area contributed by atoms with E-state index in [1.165, 1.54) is 62.0 Å². The zero-order valence-electron chi connectivity index (χ0n) is 20.4. The number of ether oxygens (including phenoxy) is 1. The van der Waals surface area contributed by atoms with Crippen LogP contribution in [0.15, 0.2) is 76.8 Å². The number of rotatable bonds is 8. The first-order valence-electron chi connectivity index (χ1n) is 11.6. The highest BCUT2D eigenvalue weighted by Gasteiger charge is 2.26. The van der Waals surface area contributed by atoms with E-state index in [1.807, 2.05) is 0 Å². The number of pyridine rings is 1. The molecule has 2 heterocycles. The summed E-state index contributed by atoms with van der Waals surface area (Å²) in [6.45, 7) is 3.34. The van der Waals surface area contributed by atoms with Gasteiger partial charge in [0.1, 0.15) is 5.75 Å². The molecular formula is C25H28N4O6S2. The number of methoxy groups -OCH3 is 1. The van der Waals surface area contributed by atoms with Gasteiger partial charge in [0, 0.05) is 25.0 Å². The van der Waals surface area contributed by atoms with Crippen LogP contribution in [0.5, 0.6) is 5.75 Å². The van der Waals surface area contributed by atoms with E-state index in [-0.39, 0.29) is 26.9 Å². The number of hydrogen-bond donors (Lipinski definition) is 2. The van der Waals surface area contributed by atoms with Crippen molar-refractivity contribution >= 4 is 37.3 Å². The Hall–Kier alpha value is -3.64. The van der Waals surface area contributed by atoms with Gasteiger partial charge in [-0.3, -0.25) is 19.2 Å². The number of aromatic nitrogens is 1. The molecule has 2 aromatic carbocycles. The molecule has 1 amide bonds. The van der Waals surface area contributed by atoms with Crippen LogP contribution in [-0.2, 0) is 20.0 Å². The standard InChI is InChI=1S/C25H28N4O6S2/c1-18-11-14-29(15-12-18)25(30)23-16-22(9-10-24(23)35-2)37(33,34)27-19-5-7-21(8-6-19)36(31,32)28-20-4-3-13-26-17-20/h3-10,13,16-18,27-28H,11-12,14-15H2,1-2H3. The molecule has 0 unspecified atom stereocenters. The normalized spacial score (nSPS) is 14.7. The van der Waals surface area contributed by atoms with Gasteiger partial charge in [-0.05, 0) is 73.4 Å². The first-order valence-corrected chi connectivity index (χ1v) is 14.6. The van der Waals surface area contributed by atoms with Crippen LogP contribution >= 0.6 is 0 Å². The Balaban J connectivity index is 1.53. The number of likely N-dealkylation sites (tertiary alicyclic amines) is 1. The first kappa shape index (κ1) is 26.4. The molecule has 0 bridgehead atoms. The first-order chi connectivity index (χ1) is 17.6. The van der Waals surface area contributed by atoms with E-state index in [0.717, 1.165) is 12.8 Å². The lowest BCUT2D eigenvalue weighted by atomic mass is 9.98. The largest absolute Gasteiger partial charge is 0.496 e. The highest BCUT2D eigenvalue weighted by molar-refractivity contribution is 7.93. The zero-order chi connectivity index (χ0) is 26.6. The number of benzene rings is 2. The van der Waals surface area contributed by atoms with Gasteiger partial charge in [0.2, 0.25) is 0 Å². The smallest absolute Gasteiger partial charge is 0.261 e. The van der Waals surface area contributed by atoms with Crippen LogP contribution in [0.2, 0.25) is 0 Å². The highest BCUT2D eigenvalue weighted by Crippen LogP contribution is 2.27. The van der Waals surface area contributed by atoms with E-state index in [2.05, 4.69) is 21.4 Å². The van der Waals surface area contributed by atoms with E-state index in [1.54, 1.807) is 17.0 Å². The van der Waals surface area contributed by atoms with Crippen molar-refractivity contribution in [2.75, 3.05) is 29.6 Å². The van der Waals surface area contributed by atoms with Gasteiger partial charge in [-0.1, -0.05) is 6.92 Å². The summed E-state index contributed by atoms with van der Waals surface area (Å²) in [6.07, 6.45) is 4.67. The summed E-state index contributed by atoms with van der Waals surface area (Å²) in [5, 5.41) is 0. The molecule has 3 aromatic rings. The Morgan fingerprint density at radius 3 is 2.16 bits per heavy atom. The number of sulfonamides is 2. The molecule has 0 spiro atoms. The van der Waals surface area contributed by atoms with Gasteiger partial charge < -0.3 is 9.64 Å². The van der Waals surface area contributed by atoms with Crippen molar-refractivity contribution in [3.63, 3.8) is 0 Å². The molecular weight excluding hydrogens is 516 g/mol. The fraction of sp³-hybridized carbons (Fsp3) is 0.280. The molecule has 196 valence electrons. The molecule has 0 atom stereocenters. The fourth-order valence-electron chi connectivity index (χ4n) is 3.96. The summed E-state index contributed by atoms with van der Waals surface area (Å²) in [6, 6.07) is 12.5. The quantitative estimate of drug-likeness (QED) is 0.443. The molecule has 37 heavy (non-hydrogen) atoms. The third-order valence-corrected chi connectivity index (χ3v) is 8.89. The van der Waals surface area contributed by atoms with Crippen LogP contribution in [0.3, 0.4) is 0 Å². The van der Waals surface area contributed by atoms with E-state index in [0.29, 0.717) is 30.4 Å². The molecule has 0 aliphatic carbocycles. The summed E-state index contributed by atoms with van der Waals surface area (Å²) >= 11 is 0. The van der Waals surface area contributed by atoms with Crippen LogP contribution in [0, 0.1) is 5.92 Å². The van der Waals surface area contributed by atoms with Crippen molar-refractivity contribution < 1.29 is 26.4 Å². The molecule has 0 radical (unpaired) electrons. The lowest BCUT2D eigenvalue weighted by molar-refractivity contribution is 0.0693. The Labute approximate surface area is 216 Å². The van der Waals surface area contributed by atoms with Crippen LogP contribution < -0.4 is 14.2 Å². The Kier molecular flexibility index (Phi) is 7.69. The van der Waals surface area contributed by atoms with Crippen molar-refractivity contribution in [1.82, 2.24) is 9.88 Å². The molecule has 12 heteroatoms. The topological polar surface area (TPSA) is 135 Å². The molecule has 1 aromatic heterocycles. The number of piperidine rings is 1. The monoisotopic (exact) mass is 544 g/mol. The second-order valence-electron chi connectivity index (χ2n) is 8.81. The second-order valence-corrected chi connectivity index (χ2v) is 12.2. The van der Waals surface area contributed by atoms with Gasteiger partial charge in [-0.25, -0.2) is 16.8 Å². The lowest BCUT2D eigenvalue weighted by Gasteiger charge is -2.30. The molecule has 1 saturated heterocycles.